The zero-order chi connectivity index (χ0) is 8.27. The van der Waals surface area contributed by atoms with E-state index in [1.165, 1.54) is 0 Å². The van der Waals surface area contributed by atoms with E-state index >= 15 is 0 Å². The number of carbonyl (C=O) groups excluding carboxylic acids is 1. The second-order valence-electron chi connectivity index (χ2n) is 2.05. The first-order chi connectivity index (χ1) is 5.25. The molecule has 0 saturated heterocycles. The molecule has 0 aliphatic carbocycles. The predicted octanol–water partition coefficient (Wildman–Crippen LogP) is 1.67. The number of hydrogen-bond donors (Lipinski definition) is 0. The molecular weight excluding hydrogens is 182 g/mol. The normalized spacial score (nSPS) is 9.27. The lowest BCUT2D eigenvalue weighted by Crippen LogP contribution is -2.22. The van der Waals surface area contributed by atoms with Crippen LogP contribution in [-0.2, 0) is 0 Å². The molecule has 1 aromatic carbocycles. The fourth-order valence-electron chi connectivity index (χ4n) is 0.817. The molecule has 0 amide bonds. The molecule has 0 N–H and O–H groups in total. The summed E-state index contributed by atoms with van der Waals surface area (Å²) < 4.78 is 0. The maximum Gasteiger partial charge on any atom is 0.383 e. The van der Waals surface area contributed by atoms with Crippen molar-refractivity contribution in [1.29, 1.82) is 0 Å². The third-order valence-corrected chi connectivity index (χ3v) is 1.83. The second-order valence-corrected chi connectivity index (χ2v) is 3.14. The van der Waals surface area contributed by atoms with Crippen molar-refractivity contribution in [2.45, 2.75) is 0 Å². The molecule has 0 atom stereocenters. The molecule has 56 valence electrons. The van der Waals surface area contributed by atoms with Crippen LogP contribution in [0.3, 0.4) is 0 Å². The standard InChI is InChI=1S/C7H5BCl2O/c9-8(10)7-4-2-1-3-6(7)5-11/h1-5H. The van der Waals surface area contributed by atoms with Gasteiger partial charge in [-0.1, -0.05) is 24.3 Å². The first kappa shape index (κ1) is 8.63. The van der Waals surface area contributed by atoms with E-state index in [4.69, 9.17) is 22.9 Å². The Balaban J connectivity index is 3.12. The van der Waals surface area contributed by atoms with Crippen molar-refractivity contribution < 1.29 is 4.79 Å². The van der Waals surface area contributed by atoms with Crippen LogP contribution >= 0.6 is 22.9 Å². The third kappa shape index (κ3) is 1.98. The van der Waals surface area contributed by atoms with Crippen LogP contribution in [0.25, 0.3) is 0 Å². The van der Waals surface area contributed by atoms with Crippen LogP contribution in [0.2, 0.25) is 0 Å². The summed E-state index contributed by atoms with van der Waals surface area (Å²) >= 11 is 11.2. The van der Waals surface area contributed by atoms with Crippen LogP contribution in [0.1, 0.15) is 10.4 Å². The van der Waals surface area contributed by atoms with Crippen LogP contribution in [0.15, 0.2) is 24.3 Å². The summed E-state index contributed by atoms with van der Waals surface area (Å²) in [7, 11) is 0. The van der Waals surface area contributed by atoms with Gasteiger partial charge in [-0.05, 0) is 5.46 Å². The number of carbonyl (C=O) groups is 1. The molecular formula is C7H5BCl2O. The molecule has 1 rings (SSSR count). The van der Waals surface area contributed by atoms with Crippen molar-refractivity contribution in [1.82, 2.24) is 0 Å². The van der Waals surface area contributed by atoms with Gasteiger partial charge < -0.3 is 0 Å². The van der Waals surface area contributed by atoms with E-state index in [0.29, 0.717) is 11.0 Å². The average Bonchev–Trinajstić information content (AvgIpc) is 2.04. The van der Waals surface area contributed by atoms with E-state index in [2.05, 4.69) is 0 Å². The SMILES string of the molecule is O=Cc1ccccc1B(Cl)Cl. The largest absolute Gasteiger partial charge is 0.383 e. The predicted molar refractivity (Wildman–Crippen MR) is 48.9 cm³/mol. The van der Waals surface area contributed by atoms with E-state index in [1.54, 1.807) is 24.3 Å². The number of rotatable bonds is 2. The van der Waals surface area contributed by atoms with Crippen LogP contribution in [0.5, 0.6) is 0 Å². The number of hydrogen-bond acceptors (Lipinski definition) is 1. The van der Waals surface area contributed by atoms with Crippen molar-refractivity contribution in [3.63, 3.8) is 0 Å². The Bertz CT molecular complexity index is 262. The van der Waals surface area contributed by atoms with Crippen molar-refractivity contribution >= 4 is 40.2 Å². The summed E-state index contributed by atoms with van der Waals surface area (Å²) in [6, 6.07) is 6.97. The van der Waals surface area contributed by atoms with E-state index in [9.17, 15) is 4.79 Å². The molecule has 0 saturated carbocycles. The van der Waals surface area contributed by atoms with Gasteiger partial charge in [0.1, 0.15) is 6.29 Å². The molecule has 0 aliphatic heterocycles. The van der Waals surface area contributed by atoms with Crippen LogP contribution in [-0.4, -0.2) is 11.8 Å². The summed E-state index contributed by atoms with van der Waals surface area (Å²) in [5.74, 6) is 0. The lowest BCUT2D eigenvalue weighted by Gasteiger charge is -1.99. The van der Waals surface area contributed by atoms with E-state index < -0.39 is 5.54 Å². The van der Waals surface area contributed by atoms with Crippen molar-refractivity contribution in [2.24, 2.45) is 0 Å². The highest BCUT2D eigenvalue weighted by atomic mass is 35.5. The lowest BCUT2D eigenvalue weighted by molar-refractivity contribution is 0.112. The Hall–Kier alpha value is -0.465. The Morgan fingerprint density at radius 2 is 1.91 bits per heavy atom. The van der Waals surface area contributed by atoms with Crippen LogP contribution in [0.4, 0.5) is 0 Å². The summed E-state index contributed by atoms with van der Waals surface area (Å²) in [4.78, 5) is 10.4. The Morgan fingerprint density at radius 1 is 1.27 bits per heavy atom. The quantitative estimate of drug-likeness (QED) is 0.508. The van der Waals surface area contributed by atoms with Crippen molar-refractivity contribution in [2.75, 3.05) is 0 Å². The van der Waals surface area contributed by atoms with Gasteiger partial charge in [0.25, 0.3) is 0 Å². The summed E-state index contributed by atoms with van der Waals surface area (Å²) in [5.41, 5.74) is 0.574. The molecule has 11 heavy (non-hydrogen) atoms. The lowest BCUT2D eigenvalue weighted by atomic mass is 9.88. The second kappa shape index (κ2) is 3.79. The number of aldehydes is 1. The molecule has 0 spiro atoms. The minimum absolute atomic E-state index is 0.544. The van der Waals surface area contributed by atoms with Gasteiger partial charge in [-0.2, -0.15) is 22.9 Å². The van der Waals surface area contributed by atoms with Crippen molar-refractivity contribution in [3.8, 4) is 0 Å². The molecule has 0 aromatic heterocycles. The van der Waals surface area contributed by atoms with Gasteiger partial charge >= 0.3 is 5.54 Å². The molecule has 4 heteroatoms. The molecule has 0 heterocycles. The first-order valence-electron chi connectivity index (χ1n) is 3.08. The van der Waals surface area contributed by atoms with Gasteiger partial charge in [0.05, 0.1) is 0 Å². The van der Waals surface area contributed by atoms with Crippen molar-refractivity contribution in [3.05, 3.63) is 29.8 Å². The van der Waals surface area contributed by atoms with Gasteiger partial charge in [-0.15, -0.1) is 0 Å². The Labute approximate surface area is 75.2 Å². The molecule has 0 aliphatic rings. The molecule has 0 unspecified atom stereocenters. The summed E-state index contributed by atoms with van der Waals surface area (Å²) in [5, 5.41) is 0. The van der Waals surface area contributed by atoms with E-state index in [-0.39, 0.29) is 0 Å². The highest BCUT2D eigenvalue weighted by Gasteiger charge is 2.12. The van der Waals surface area contributed by atoms with E-state index in [0.717, 1.165) is 6.29 Å². The third-order valence-electron chi connectivity index (χ3n) is 1.36. The average molecular weight is 187 g/mol. The Kier molecular flexibility index (Phi) is 2.97. The zero-order valence-electron chi connectivity index (χ0n) is 5.63. The monoisotopic (exact) mass is 186 g/mol. The smallest absolute Gasteiger partial charge is 0.298 e. The summed E-state index contributed by atoms with van der Waals surface area (Å²) in [6.07, 6.45) is 0.743. The maximum atomic E-state index is 10.4. The topological polar surface area (TPSA) is 17.1 Å². The van der Waals surface area contributed by atoms with Crippen LogP contribution < -0.4 is 5.46 Å². The number of benzene rings is 1. The van der Waals surface area contributed by atoms with Gasteiger partial charge in [-0.3, -0.25) is 4.79 Å². The minimum Gasteiger partial charge on any atom is -0.298 e. The number of halogens is 2. The zero-order valence-corrected chi connectivity index (χ0v) is 7.14. The maximum absolute atomic E-state index is 10.4. The molecule has 0 fully saturated rings. The minimum atomic E-state index is -0.628. The van der Waals surface area contributed by atoms with Gasteiger partial charge in [0, 0.05) is 5.56 Å². The van der Waals surface area contributed by atoms with Gasteiger partial charge in [0.2, 0.25) is 0 Å². The van der Waals surface area contributed by atoms with Crippen LogP contribution in [0, 0.1) is 0 Å². The fraction of sp³-hybridized carbons (Fsp3) is 0. The molecule has 1 aromatic rings. The highest BCUT2D eigenvalue weighted by molar-refractivity contribution is 7.39. The van der Waals surface area contributed by atoms with E-state index in [1.807, 2.05) is 0 Å². The fourth-order valence-corrected chi connectivity index (χ4v) is 1.21. The van der Waals surface area contributed by atoms with Gasteiger partial charge in [0.15, 0.2) is 0 Å². The first-order valence-corrected chi connectivity index (χ1v) is 3.95. The molecule has 1 nitrogen and oxygen atoms in total. The van der Waals surface area contributed by atoms with Gasteiger partial charge in [-0.25, -0.2) is 0 Å². The molecule has 0 radical (unpaired) electrons. The molecule has 0 bridgehead atoms. The Morgan fingerprint density at radius 3 is 2.36 bits per heavy atom. The highest BCUT2D eigenvalue weighted by Crippen LogP contribution is 2.01. The summed E-state index contributed by atoms with van der Waals surface area (Å²) in [6.45, 7) is 0.